The third-order valence-electron chi connectivity index (χ3n) is 1.52. The van der Waals surface area contributed by atoms with Crippen LogP contribution in [0.25, 0.3) is 0 Å². The number of hydrogen-bond donors (Lipinski definition) is 2. The summed E-state index contributed by atoms with van der Waals surface area (Å²) < 4.78 is 0. The molecule has 0 aliphatic rings. The molecule has 0 spiro atoms. The molecule has 0 radical (unpaired) electrons. The molecule has 0 aromatic heterocycles. The van der Waals surface area contributed by atoms with Gasteiger partial charge in [-0.25, -0.2) is 4.79 Å². The molecule has 1 unspecified atom stereocenters. The first kappa shape index (κ1) is 9.10. The second-order valence-corrected chi connectivity index (χ2v) is 2.51. The molecule has 0 aliphatic carbocycles. The topological polar surface area (TPSA) is 80.4 Å². The lowest BCUT2D eigenvalue weighted by atomic mass is 9.89. The second-order valence-electron chi connectivity index (χ2n) is 2.51. The van der Waals surface area contributed by atoms with Crippen LogP contribution in [0.15, 0.2) is 0 Å². The Labute approximate surface area is 59.0 Å². The van der Waals surface area contributed by atoms with Gasteiger partial charge in [-0.3, -0.25) is 0 Å². The van der Waals surface area contributed by atoms with Gasteiger partial charge < -0.3 is 15.6 Å². The van der Waals surface area contributed by atoms with E-state index in [0.717, 1.165) is 0 Å². The monoisotopic (exact) mass is 145 g/mol. The second kappa shape index (κ2) is 2.79. The Morgan fingerprint density at radius 1 is 1.70 bits per heavy atom. The zero-order valence-electron chi connectivity index (χ0n) is 6.00. The number of nitrogens with two attached hydrogens (primary N) is 1. The van der Waals surface area contributed by atoms with Crippen molar-refractivity contribution in [2.75, 3.05) is 0 Å². The van der Waals surface area contributed by atoms with E-state index >= 15 is 0 Å². The van der Waals surface area contributed by atoms with Crippen LogP contribution in [0.5, 0.6) is 0 Å². The van der Waals surface area contributed by atoms with Crippen molar-refractivity contribution in [2.45, 2.75) is 19.4 Å². The van der Waals surface area contributed by atoms with E-state index in [1.165, 1.54) is 0 Å². The summed E-state index contributed by atoms with van der Waals surface area (Å²) in [6.45, 7) is 3.17. The van der Waals surface area contributed by atoms with E-state index in [2.05, 4.69) is 0 Å². The summed E-state index contributed by atoms with van der Waals surface area (Å²) in [5, 5.41) is 8.45. The maximum Gasteiger partial charge on any atom is 0.331 e. The molecule has 1 atom stereocenters. The Bertz CT molecular complexity index is 155. The molecule has 0 aromatic rings. The van der Waals surface area contributed by atoms with Crippen molar-refractivity contribution >= 4 is 12.3 Å². The van der Waals surface area contributed by atoms with Crippen molar-refractivity contribution < 1.29 is 14.7 Å². The molecule has 0 amide bonds. The quantitative estimate of drug-likeness (QED) is 0.419. The Balaban J connectivity index is 4.54. The zero-order chi connectivity index (χ0) is 8.36. The van der Waals surface area contributed by atoms with Crippen LogP contribution in [-0.4, -0.2) is 22.9 Å². The fourth-order valence-electron chi connectivity index (χ4n) is 0.433. The van der Waals surface area contributed by atoms with Crippen LogP contribution in [-0.2, 0) is 9.59 Å². The molecular weight excluding hydrogens is 134 g/mol. The van der Waals surface area contributed by atoms with E-state index < -0.39 is 11.5 Å². The maximum absolute atomic E-state index is 10.3. The summed E-state index contributed by atoms with van der Waals surface area (Å²) in [6, 6.07) is 0. The maximum atomic E-state index is 10.3. The standard InChI is InChI=1S/C6H11NO3/c1-4(2)6(7,3-8)5(9)10/h3-4H,7H2,1-2H3,(H,9,10). The highest BCUT2D eigenvalue weighted by Gasteiger charge is 2.36. The molecule has 58 valence electrons. The van der Waals surface area contributed by atoms with Crippen molar-refractivity contribution in [3.05, 3.63) is 0 Å². The molecule has 4 heteroatoms. The lowest BCUT2D eigenvalue weighted by Gasteiger charge is -2.21. The third-order valence-corrected chi connectivity index (χ3v) is 1.52. The summed E-state index contributed by atoms with van der Waals surface area (Å²) >= 11 is 0. The molecule has 0 saturated carbocycles. The molecule has 3 N–H and O–H groups in total. The lowest BCUT2D eigenvalue weighted by Crippen LogP contribution is -2.53. The third kappa shape index (κ3) is 1.33. The number of carbonyl (C=O) groups excluding carboxylic acids is 1. The first-order valence-electron chi connectivity index (χ1n) is 2.93. The molecule has 0 bridgehead atoms. The van der Waals surface area contributed by atoms with Gasteiger partial charge in [0.25, 0.3) is 0 Å². The Kier molecular flexibility index (Phi) is 2.54. The molecule has 4 nitrogen and oxygen atoms in total. The van der Waals surface area contributed by atoms with E-state index in [1.54, 1.807) is 13.8 Å². The zero-order valence-corrected chi connectivity index (χ0v) is 6.00. The summed E-state index contributed by atoms with van der Waals surface area (Å²) in [7, 11) is 0. The van der Waals surface area contributed by atoms with E-state index in [9.17, 15) is 9.59 Å². The first-order valence-corrected chi connectivity index (χ1v) is 2.93. The average molecular weight is 145 g/mol. The number of carboxylic acids is 1. The van der Waals surface area contributed by atoms with Gasteiger partial charge in [0.1, 0.15) is 0 Å². The van der Waals surface area contributed by atoms with Crippen molar-refractivity contribution in [2.24, 2.45) is 11.7 Å². The fraction of sp³-hybridized carbons (Fsp3) is 0.667. The number of aliphatic carboxylic acids is 1. The molecule has 10 heavy (non-hydrogen) atoms. The van der Waals surface area contributed by atoms with Crippen LogP contribution in [0.4, 0.5) is 0 Å². The van der Waals surface area contributed by atoms with Crippen molar-refractivity contribution in [3.8, 4) is 0 Å². The Morgan fingerprint density at radius 2 is 2.10 bits per heavy atom. The van der Waals surface area contributed by atoms with E-state index in [0.29, 0.717) is 0 Å². The summed E-state index contributed by atoms with van der Waals surface area (Å²) in [5.41, 5.74) is 3.49. The van der Waals surface area contributed by atoms with Gasteiger partial charge in [-0.2, -0.15) is 0 Å². The van der Waals surface area contributed by atoms with Crippen LogP contribution in [0.3, 0.4) is 0 Å². The molecular formula is C6H11NO3. The largest absolute Gasteiger partial charge is 0.480 e. The van der Waals surface area contributed by atoms with Crippen molar-refractivity contribution in [1.82, 2.24) is 0 Å². The number of rotatable bonds is 3. The van der Waals surface area contributed by atoms with Crippen LogP contribution < -0.4 is 5.73 Å². The highest BCUT2D eigenvalue weighted by molar-refractivity contribution is 5.97. The van der Waals surface area contributed by atoms with Crippen LogP contribution >= 0.6 is 0 Å². The molecule has 0 rings (SSSR count). The van der Waals surface area contributed by atoms with E-state index in [-0.39, 0.29) is 12.2 Å². The first-order chi connectivity index (χ1) is 4.45. The van der Waals surface area contributed by atoms with Crippen LogP contribution in [0, 0.1) is 5.92 Å². The lowest BCUT2D eigenvalue weighted by molar-refractivity contribution is -0.147. The Morgan fingerprint density at radius 3 is 2.10 bits per heavy atom. The smallest absolute Gasteiger partial charge is 0.331 e. The minimum atomic E-state index is -1.72. The van der Waals surface area contributed by atoms with Gasteiger partial charge >= 0.3 is 5.97 Å². The summed E-state index contributed by atoms with van der Waals surface area (Å²) in [4.78, 5) is 20.5. The molecule has 0 heterocycles. The number of carboxylic acid groups (broad SMARTS) is 1. The average Bonchev–Trinajstić information content (AvgIpc) is 1.85. The minimum absolute atomic E-state index is 0.264. The normalized spacial score (nSPS) is 16.4. The minimum Gasteiger partial charge on any atom is -0.480 e. The predicted molar refractivity (Wildman–Crippen MR) is 35.5 cm³/mol. The van der Waals surface area contributed by atoms with E-state index in [1.807, 2.05) is 0 Å². The van der Waals surface area contributed by atoms with Crippen molar-refractivity contribution in [1.29, 1.82) is 0 Å². The van der Waals surface area contributed by atoms with Gasteiger partial charge in [-0.15, -0.1) is 0 Å². The molecule has 0 saturated heterocycles. The SMILES string of the molecule is CC(C)C(N)(C=O)C(=O)O. The Hall–Kier alpha value is -0.900. The fourth-order valence-corrected chi connectivity index (χ4v) is 0.433. The number of aldehydes is 1. The number of carbonyl (C=O) groups is 2. The summed E-state index contributed by atoms with van der Waals surface area (Å²) in [6.07, 6.45) is 0.264. The molecule has 0 aromatic carbocycles. The van der Waals surface area contributed by atoms with Gasteiger partial charge in [0.05, 0.1) is 0 Å². The highest BCUT2D eigenvalue weighted by atomic mass is 16.4. The predicted octanol–water partition coefficient (Wildman–Crippen LogP) is -0.377. The van der Waals surface area contributed by atoms with E-state index in [4.69, 9.17) is 10.8 Å². The van der Waals surface area contributed by atoms with Gasteiger partial charge in [-0.05, 0) is 5.92 Å². The molecule has 0 fully saturated rings. The van der Waals surface area contributed by atoms with Gasteiger partial charge in [0.2, 0.25) is 0 Å². The summed E-state index contributed by atoms with van der Waals surface area (Å²) in [5.74, 6) is -1.67. The van der Waals surface area contributed by atoms with Crippen LogP contribution in [0.2, 0.25) is 0 Å². The van der Waals surface area contributed by atoms with Gasteiger partial charge in [0.15, 0.2) is 11.8 Å². The number of hydrogen-bond acceptors (Lipinski definition) is 3. The van der Waals surface area contributed by atoms with Gasteiger partial charge in [0, 0.05) is 0 Å². The van der Waals surface area contributed by atoms with Gasteiger partial charge in [-0.1, -0.05) is 13.8 Å². The van der Waals surface area contributed by atoms with Crippen molar-refractivity contribution in [3.63, 3.8) is 0 Å². The van der Waals surface area contributed by atoms with Crippen LogP contribution in [0.1, 0.15) is 13.8 Å². The highest BCUT2D eigenvalue weighted by Crippen LogP contribution is 2.10. The molecule has 0 aliphatic heterocycles.